The van der Waals surface area contributed by atoms with Crippen LogP contribution in [-0.2, 0) is 4.74 Å². The summed E-state index contributed by atoms with van der Waals surface area (Å²) in [4.78, 5) is 0. The predicted molar refractivity (Wildman–Crippen MR) is 42.0 cm³/mol. The molecule has 60 valence electrons. The SMILES string of the molecule is COCC(C)CC1CNC1. The van der Waals surface area contributed by atoms with E-state index in [4.69, 9.17) is 4.74 Å². The van der Waals surface area contributed by atoms with Gasteiger partial charge in [0.15, 0.2) is 0 Å². The van der Waals surface area contributed by atoms with Gasteiger partial charge in [0.05, 0.1) is 0 Å². The molecule has 0 aromatic carbocycles. The van der Waals surface area contributed by atoms with Gasteiger partial charge in [-0.2, -0.15) is 0 Å². The zero-order valence-electron chi connectivity index (χ0n) is 6.89. The fourth-order valence-corrected chi connectivity index (χ4v) is 1.44. The lowest BCUT2D eigenvalue weighted by molar-refractivity contribution is 0.137. The van der Waals surface area contributed by atoms with Gasteiger partial charge in [0.25, 0.3) is 0 Å². The van der Waals surface area contributed by atoms with Gasteiger partial charge >= 0.3 is 0 Å². The van der Waals surface area contributed by atoms with Crippen molar-refractivity contribution in [1.82, 2.24) is 5.32 Å². The summed E-state index contributed by atoms with van der Waals surface area (Å²) in [5.41, 5.74) is 0. The van der Waals surface area contributed by atoms with E-state index >= 15 is 0 Å². The Hall–Kier alpha value is -0.0800. The monoisotopic (exact) mass is 143 g/mol. The van der Waals surface area contributed by atoms with Crippen molar-refractivity contribution in [2.75, 3.05) is 26.8 Å². The molecule has 1 heterocycles. The molecule has 1 N–H and O–H groups in total. The molecule has 1 atom stereocenters. The maximum absolute atomic E-state index is 5.05. The molecule has 0 aromatic rings. The van der Waals surface area contributed by atoms with Crippen molar-refractivity contribution >= 4 is 0 Å². The number of methoxy groups -OCH3 is 1. The first-order chi connectivity index (χ1) is 4.83. The molecular formula is C8H17NO. The van der Waals surface area contributed by atoms with E-state index in [2.05, 4.69) is 12.2 Å². The third kappa shape index (κ3) is 2.27. The molecule has 1 aliphatic heterocycles. The van der Waals surface area contributed by atoms with Crippen LogP contribution in [0.3, 0.4) is 0 Å². The van der Waals surface area contributed by atoms with Gasteiger partial charge in [-0.05, 0) is 31.3 Å². The second-order valence-electron chi connectivity index (χ2n) is 3.32. The van der Waals surface area contributed by atoms with E-state index in [0.29, 0.717) is 0 Å². The van der Waals surface area contributed by atoms with Gasteiger partial charge in [0.2, 0.25) is 0 Å². The van der Waals surface area contributed by atoms with Crippen molar-refractivity contribution in [2.24, 2.45) is 11.8 Å². The van der Waals surface area contributed by atoms with Gasteiger partial charge in [-0.3, -0.25) is 0 Å². The summed E-state index contributed by atoms with van der Waals surface area (Å²) >= 11 is 0. The lowest BCUT2D eigenvalue weighted by Gasteiger charge is -2.29. The fourth-order valence-electron chi connectivity index (χ4n) is 1.44. The maximum atomic E-state index is 5.05. The lowest BCUT2D eigenvalue weighted by atomic mass is 9.92. The van der Waals surface area contributed by atoms with Crippen LogP contribution in [0.5, 0.6) is 0 Å². The highest BCUT2D eigenvalue weighted by molar-refractivity contribution is 4.76. The molecule has 2 nitrogen and oxygen atoms in total. The van der Waals surface area contributed by atoms with Crippen LogP contribution in [0.2, 0.25) is 0 Å². The van der Waals surface area contributed by atoms with Crippen molar-refractivity contribution in [3.05, 3.63) is 0 Å². The minimum absolute atomic E-state index is 0.733. The topological polar surface area (TPSA) is 21.3 Å². The Morgan fingerprint density at radius 1 is 1.60 bits per heavy atom. The van der Waals surface area contributed by atoms with Gasteiger partial charge in [0.1, 0.15) is 0 Å². The smallest absolute Gasteiger partial charge is 0.0487 e. The third-order valence-corrected chi connectivity index (χ3v) is 2.05. The molecular weight excluding hydrogens is 126 g/mol. The number of nitrogens with one attached hydrogen (secondary N) is 1. The van der Waals surface area contributed by atoms with Crippen LogP contribution < -0.4 is 5.32 Å². The molecule has 2 heteroatoms. The number of hydrogen-bond donors (Lipinski definition) is 1. The summed E-state index contributed by atoms with van der Waals surface area (Å²) in [6.45, 7) is 5.60. The highest BCUT2D eigenvalue weighted by atomic mass is 16.5. The Labute approximate surface area is 63.0 Å². The largest absolute Gasteiger partial charge is 0.384 e. The summed E-state index contributed by atoms with van der Waals surface area (Å²) in [7, 11) is 1.77. The lowest BCUT2D eigenvalue weighted by Crippen LogP contribution is -2.42. The van der Waals surface area contributed by atoms with E-state index in [0.717, 1.165) is 18.4 Å². The summed E-state index contributed by atoms with van der Waals surface area (Å²) in [6.07, 6.45) is 1.32. The van der Waals surface area contributed by atoms with Gasteiger partial charge in [-0.25, -0.2) is 0 Å². The molecule has 1 fully saturated rings. The Morgan fingerprint density at radius 3 is 2.70 bits per heavy atom. The van der Waals surface area contributed by atoms with Crippen LogP contribution in [0, 0.1) is 11.8 Å². The Morgan fingerprint density at radius 2 is 2.30 bits per heavy atom. The molecule has 0 bridgehead atoms. The Kier molecular flexibility index (Phi) is 3.16. The quantitative estimate of drug-likeness (QED) is 0.630. The zero-order chi connectivity index (χ0) is 7.40. The minimum atomic E-state index is 0.733. The molecule has 0 aliphatic carbocycles. The van der Waals surface area contributed by atoms with Crippen molar-refractivity contribution < 1.29 is 4.74 Å². The predicted octanol–water partition coefficient (Wildman–Crippen LogP) is 0.878. The highest BCUT2D eigenvalue weighted by Gasteiger charge is 2.18. The first-order valence-corrected chi connectivity index (χ1v) is 4.02. The maximum Gasteiger partial charge on any atom is 0.0487 e. The summed E-state index contributed by atoms with van der Waals surface area (Å²) < 4.78 is 5.05. The van der Waals surface area contributed by atoms with E-state index in [-0.39, 0.29) is 0 Å². The van der Waals surface area contributed by atoms with Crippen LogP contribution in [0.15, 0.2) is 0 Å². The number of rotatable bonds is 4. The van der Waals surface area contributed by atoms with Gasteiger partial charge in [-0.1, -0.05) is 6.92 Å². The van der Waals surface area contributed by atoms with Crippen LogP contribution in [-0.4, -0.2) is 26.8 Å². The number of ether oxygens (including phenoxy) is 1. The Balaban J connectivity index is 1.99. The minimum Gasteiger partial charge on any atom is -0.384 e. The van der Waals surface area contributed by atoms with Gasteiger partial charge in [0, 0.05) is 13.7 Å². The van der Waals surface area contributed by atoms with E-state index in [1.165, 1.54) is 19.5 Å². The van der Waals surface area contributed by atoms with Crippen molar-refractivity contribution in [1.29, 1.82) is 0 Å². The second-order valence-corrected chi connectivity index (χ2v) is 3.32. The van der Waals surface area contributed by atoms with Crippen molar-refractivity contribution in [3.8, 4) is 0 Å². The molecule has 0 amide bonds. The molecule has 0 saturated carbocycles. The van der Waals surface area contributed by atoms with E-state index in [9.17, 15) is 0 Å². The normalized spacial score (nSPS) is 22.2. The average Bonchev–Trinajstić information content (AvgIpc) is 1.80. The molecule has 1 saturated heterocycles. The summed E-state index contributed by atoms with van der Waals surface area (Å²) in [6, 6.07) is 0. The zero-order valence-corrected chi connectivity index (χ0v) is 6.89. The molecule has 1 rings (SSSR count). The van der Waals surface area contributed by atoms with E-state index < -0.39 is 0 Å². The Bertz CT molecular complexity index is 91.3. The van der Waals surface area contributed by atoms with Crippen LogP contribution >= 0.6 is 0 Å². The molecule has 0 radical (unpaired) electrons. The average molecular weight is 143 g/mol. The first-order valence-electron chi connectivity index (χ1n) is 4.02. The second kappa shape index (κ2) is 3.94. The van der Waals surface area contributed by atoms with Gasteiger partial charge in [-0.15, -0.1) is 0 Å². The molecule has 0 aromatic heterocycles. The molecule has 1 unspecified atom stereocenters. The number of hydrogen-bond acceptors (Lipinski definition) is 2. The first kappa shape index (κ1) is 8.02. The fraction of sp³-hybridized carbons (Fsp3) is 1.00. The van der Waals surface area contributed by atoms with E-state index in [1.54, 1.807) is 7.11 Å². The van der Waals surface area contributed by atoms with Crippen molar-refractivity contribution in [2.45, 2.75) is 13.3 Å². The molecule has 10 heavy (non-hydrogen) atoms. The summed E-state index contributed by atoms with van der Waals surface area (Å²) in [5, 5.41) is 3.27. The van der Waals surface area contributed by atoms with Gasteiger partial charge < -0.3 is 10.1 Å². The van der Waals surface area contributed by atoms with Crippen LogP contribution in [0.25, 0.3) is 0 Å². The molecule has 0 spiro atoms. The standard InChI is InChI=1S/C8H17NO/c1-7(6-10-2)3-8-4-9-5-8/h7-9H,3-6H2,1-2H3. The van der Waals surface area contributed by atoms with Crippen LogP contribution in [0.1, 0.15) is 13.3 Å². The highest BCUT2D eigenvalue weighted by Crippen LogP contribution is 2.15. The van der Waals surface area contributed by atoms with Crippen molar-refractivity contribution in [3.63, 3.8) is 0 Å². The summed E-state index contributed by atoms with van der Waals surface area (Å²) in [5.74, 6) is 1.65. The third-order valence-electron chi connectivity index (χ3n) is 2.05. The van der Waals surface area contributed by atoms with Crippen LogP contribution in [0.4, 0.5) is 0 Å². The molecule has 1 aliphatic rings. The van der Waals surface area contributed by atoms with E-state index in [1.807, 2.05) is 0 Å².